The second-order valence-corrected chi connectivity index (χ2v) is 7.73. The number of hydrogen-bond acceptors (Lipinski definition) is 5. The monoisotopic (exact) mass is 323 g/mol. The zero-order valence-electron chi connectivity index (χ0n) is 11.2. The summed E-state index contributed by atoms with van der Waals surface area (Å²) in [5, 5.41) is 0. The number of benzene rings is 1. The predicted molar refractivity (Wildman–Crippen MR) is 83.3 cm³/mol. The summed E-state index contributed by atoms with van der Waals surface area (Å²) in [5.41, 5.74) is 6.10. The van der Waals surface area contributed by atoms with Crippen molar-refractivity contribution in [1.29, 1.82) is 0 Å². The first-order valence-electron chi connectivity index (χ1n) is 6.28. The molecule has 2 aromatic heterocycles. The number of nitrogens with one attached hydrogen (secondary N) is 1. The van der Waals surface area contributed by atoms with Crippen LogP contribution in [0.1, 0.15) is 11.8 Å². The number of nitrogens with zero attached hydrogens (tertiary/aromatic N) is 1. The van der Waals surface area contributed by atoms with Crippen LogP contribution >= 0.6 is 11.3 Å². The number of H-pyrrole nitrogens is 1. The summed E-state index contributed by atoms with van der Waals surface area (Å²) >= 11 is 1.17. The van der Waals surface area contributed by atoms with E-state index in [0.717, 1.165) is 15.3 Å². The summed E-state index contributed by atoms with van der Waals surface area (Å²) in [6.07, 6.45) is 0.750. The van der Waals surface area contributed by atoms with Gasteiger partial charge in [-0.3, -0.25) is 0 Å². The maximum atomic E-state index is 12.7. The van der Waals surface area contributed by atoms with Crippen molar-refractivity contribution in [2.45, 2.75) is 17.6 Å². The molecule has 3 N–H and O–H groups in total. The summed E-state index contributed by atoms with van der Waals surface area (Å²) in [6.45, 7) is 1.95. The zero-order chi connectivity index (χ0) is 15.2. The fraction of sp³-hybridized carbons (Fsp3) is 0.154. The fourth-order valence-electron chi connectivity index (χ4n) is 2.12. The van der Waals surface area contributed by atoms with Crippen molar-refractivity contribution in [1.82, 2.24) is 8.96 Å². The van der Waals surface area contributed by atoms with Crippen LogP contribution in [-0.2, 0) is 16.4 Å². The average molecular weight is 323 g/mol. The van der Waals surface area contributed by atoms with Crippen LogP contribution in [-0.4, -0.2) is 17.4 Å². The van der Waals surface area contributed by atoms with Gasteiger partial charge in [0.2, 0.25) is 0 Å². The topological polar surface area (TPSA) is 98.0 Å². The Morgan fingerprint density at radius 1 is 1.29 bits per heavy atom. The summed E-state index contributed by atoms with van der Waals surface area (Å²) in [5.74, 6) is 0. The SMILES string of the molecule is CCc1ccc(S(=O)(=O)n2c(=O)[nH]c3cc(N)ccc32)s1. The molecule has 21 heavy (non-hydrogen) atoms. The maximum absolute atomic E-state index is 12.7. The van der Waals surface area contributed by atoms with E-state index in [1.807, 2.05) is 6.92 Å². The van der Waals surface area contributed by atoms with Gasteiger partial charge in [0, 0.05) is 10.6 Å². The molecule has 0 aliphatic heterocycles. The summed E-state index contributed by atoms with van der Waals surface area (Å²) < 4.78 is 26.3. The molecule has 0 saturated carbocycles. The minimum Gasteiger partial charge on any atom is -0.399 e. The first-order chi connectivity index (χ1) is 9.93. The van der Waals surface area contributed by atoms with Crippen molar-refractivity contribution in [3.8, 4) is 0 Å². The molecule has 6 nitrogen and oxygen atoms in total. The summed E-state index contributed by atoms with van der Waals surface area (Å²) in [7, 11) is -3.90. The lowest BCUT2D eigenvalue weighted by atomic mass is 10.3. The number of anilines is 1. The Balaban J connectivity index is 2.28. The third-order valence-electron chi connectivity index (χ3n) is 3.15. The second kappa shape index (κ2) is 4.74. The molecule has 0 atom stereocenters. The van der Waals surface area contributed by atoms with Crippen LogP contribution in [0.2, 0.25) is 0 Å². The van der Waals surface area contributed by atoms with Crippen molar-refractivity contribution < 1.29 is 8.42 Å². The largest absolute Gasteiger partial charge is 0.399 e. The number of hydrogen-bond donors (Lipinski definition) is 2. The van der Waals surface area contributed by atoms with E-state index in [1.54, 1.807) is 12.1 Å². The van der Waals surface area contributed by atoms with Gasteiger partial charge in [-0.25, -0.2) is 4.79 Å². The zero-order valence-corrected chi connectivity index (χ0v) is 12.8. The van der Waals surface area contributed by atoms with Crippen molar-refractivity contribution in [3.63, 3.8) is 0 Å². The molecular formula is C13H13N3O3S2. The molecule has 0 unspecified atom stereocenters. The van der Waals surface area contributed by atoms with Gasteiger partial charge in [-0.05, 0) is 36.8 Å². The molecule has 0 spiro atoms. The highest BCUT2D eigenvalue weighted by Crippen LogP contribution is 2.25. The number of thiophene rings is 1. The lowest BCUT2D eigenvalue weighted by Gasteiger charge is -2.03. The van der Waals surface area contributed by atoms with Crippen molar-refractivity contribution in [3.05, 3.63) is 45.7 Å². The smallest absolute Gasteiger partial charge is 0.340 e. The van der Waals surface area contributed by atoms with Crippen molar-refractivity contribution >= 4 is 38.1 Å². The normalized spacial score (nSPS) is 12.0. The van der Waals surface area contributed by atoms with Gasteiger partial charge in [-0.1, -0.05) is 6.92 Å². The molecule has 1 aromatic carbocycles. The van der Waals surface area contributed by atoms with E-state index in [0.29, 0.717) is 16.7 Å². The average Bonchev–Trinajstić information content (AvgIpc) is 3.01. The van der Waals surface area contributed by atoms with Crippen LogP contribution in [0.5, 0.6) is 0 Å². The number of aromatic nitrogens is 2. The molecule has 0 radical (unpaired) electrons. The van der Waals surface area contributed by atoms with Gasteiger partial charge >= 0.3 is 5.69 Å². The quantitative estimate of drug-likeness (QED) is 0.718. The third kappa shape index (κ3) is 2.16. The van der Waals surface area contributed by atoms with Gasteiger partial charge < -0.3 is 10.7 Å². The molecule has 110 valence electrons. The van der Waals surface area contributed by atoms with E-state index in [9.17, 15) is 13.2 Å². The van der Waals surface area contributed by atoms with E-state index in [2.05, 4.69) is 4.98 Å². The van der Waals surface area contributed by atoms with Crippen LogP contribution in [0.25, 0.3) is 11.0 Å². The molecule has 0 aliphatic rings. The number of aryl methyl sites for hydroxylation is 1. The second-order valence-electron chi connectivity index (χ2n) is 4.55. The minimum absolute atomic E-state index is 0.152. The molecule has 2 heterocycles. The molecule has 0 bridgehead atoms. The number of rotatable bonds is 3. The van der Waals surface area contributed by atoms with Crippen LogP contribution in [0.3, 0.4) is 0 Å². The minimum atomic E-state index is -3.90. The van der Waals surface area contributed by atoms with Crippen LogP contribution < -0.4 is 11.4 Å². The van der Waals surface area contributed by atoms with Gasteiger partial charge in [-0.15, -0.1) is 11.3 Å². The highest BCUT2D eigenvalue weighted by molar-refractivity contribution is 7.92. The Labute approximate surface area is 124 Å². The van der Waals surface area contributed by atoms with Crippen LogP contribution in [0.4, 0.5) is 5.69 Å². The van der Waals surface area contributed by atoms with Crippen LogP contribution in [0, 0.1) is 0 Å². The van der Waals surface area contributed by atoms with E-state index in [-0.39, 0.29) is 4.21 Å². The lowest BCUT2D eigenvalue weighted by Crippen LogP contribution is -2.24. The summed E-state index contributed by atoms with van der Waals surface area (Å²) in [4.78, 5) is 15.5. The molecule has 0 amide bonds. The Kier molecular flexibility index (Phi) is 3.14. The third-order valence-corrected chi connectivity index (χ3v) is 6.54. The molecule has 3 rings (SSSR count). The van der Waals surface area contributed by atoms with Gasteiger partial charge in [0.05, 0.1) is 11.0 Å². The van der Waals surface area contributed by atoms with Gasteiger partial charge in [-0.2, -0.15) is 12.4 Å². The van der Waals surface area contributed by atoms with E-state index in [4.69, 9.17) is 5.73 Å². The molecule has 8 heteroatoms. The molecule has 3 aromatic rings. The Hall–Kier alpha value is -2.06. The Bertz CT molecular complexity index is 980. The van der Waals surface area contributed by atoms with Gasteiger partial charge in [0.1, 0.15) is 4.21 Å². The first kappa shape index (κ1) is 13.9. The van der Waals surface area contributed by atoms with E-state index < -0.39 is 15.7 Å². The lowest BCUT2D eigenvalue weighted by molar-refractivity contribution is 0.589. The van der Waals surface area contributed by atoms with Crippen LogP contribution in [0.15, 0.2) is 39.3 Å². The first-order valence-corrected chi connectivity index (χ1v) is 8.53. The van der Waals surface area contributed by atoms with Crippen molar-refractivity contribution in [2.24, 2.45) is 0 Å². The number of imidazole rings is 1. The standard InChI is InChI=1S/C13H13N3O3S2/c1-2-9-4-6-12(20-9)21(18,19)16-11-5-3-8(14)7-10(11)15-13(16)17/h3-7H,2,14H2,1H3,(H,15,17). The number of aromatic amines is 1. The fourth-order valence-corrected chi connectivity index (χ4v) is 4.86. The predicted octanol–water partition coefficient (Wildman–Crippen LogP) is 1.77. The van der Waals surface area contributed by atoms with Gasteiger partial charge in [0.25, 0.3) is 10.0 Å². The van der Waals surface area contributed by atoms with E-state index in [1.165, 1.54) is 29.5 Å². The highest BCUT2D eigenvalue weighted by atomic mass is 32.2. The highest BCUT2D eigenvalue weighted by Gasteiger charge is 2.24. The number of nitrogen functional groups attached to an aromatic ring is 1. The summed E-state index contributed by atoms with van der Waals surface area (Å²) in [6, 6.07) is 7.91. The molecular weight excluding hydrogens is 310 g/mol. The molecule has 0 fully saturated rings. The van der Waals surface area contributed by atoms with Gasteiger partial charge in [0.15, 0.2) is 0 Å². The number of fused-ring (bicyclic) bond motifs is 1. The Morgan fingerprint density at radius 3 is 2.71 bits per heavy atom. The number of nitrogens with two attached hydrogens (primary N) is 1. The van der Waals surface area contributed by atoms with E-state index >= 15 is 0 Å². The molecule has 0 saturated heterocycles. The Morgan fingerprint density at radius 2 is 2.05 bits per heavy atom. The maximum Gasteiger partial charge on any atom is 0.340 e. The van der Waals surface area contributed by atoms with Crippen molar-refractivity contribution in [2.75, 3.05) is 5.73 Å². The molecule has 0 aliphatic carbocycles.